The number of aryl methyl sites for hydroxylation is 1. The van der Waals surface area contributed by atoms with Crippen molar-refractivity contribution in [3.05, 3.63) is 93.8 Å². The van der Waals surface area contributed by atoms with E-state index >= 15 is 0 Å². The van der Waals surface area contributed by atoms with Gasteiger partial charge in [-0.1, -0.05) is 48.0 Å². The molecule has 4 amide bonds. The highest BCUT2D eigenvalue weighted by molar-refractivity contribution is 6.39. The normalized spacial score (nSPS) is 14.7. The minimum absolute atomic E-state index is 0.0820. The van der Waals surface area contributed by atoms with Gasteiger partial charge in [-0.15, -0.1) is 0 Å². The number of urea groups is 1. The molecule has 3 aromatic carbocycles. The highest BCUT2D eigenvalue weighted by Gasteiger charge is 2.37. The highest BCUT2D eigenvalue weighted by atomic mass is 35.5. The van der Waals surface area contributed by atoms with E-state index in [4.69, 9.17) is 21.1 Å². The molecule has 0 bridgehead atoms. The summed E-state index contributed by atoms with van der Waals surface area (Å²) in [4.78, 5) is 39.2. The SMILES string of the molecule is CCOc1cc(/C=C2\C(=O)NC(=O)N(c3ccccc3C)C2=O)cc(Cl)c1OCc1ccccc1F. The smallest absolute Gasteiger partial charge is 0.335 e. The van der Waals surface area contributed by atoms with Gasteiger partial charge in [-0.3, -0.25) is 14.9 Å². The van der Waals surface area contributed by atoms with Crippen LogP contribution in [-0.4, -0.2) is 24.5 Å². The van der Waals surface area contributed by atoms with Crippen LogP contribution in [0.4, 0.5) is 14.9 Å². The van der Waals surface area contributed by atoms with Crippen LogP contribution in [0.15, 0.2) is 66.2 Å². The van der Waals surface area contributed by atoms with Gasteiger partial charge < -0.3 is 9.47 Å². The monoisotopic (exact) mass is 508 g/mol. The molecule has 0 unspecified atom stereocenters. The Bertz CT molecular complexity index is 1390. The van der Waals surface area contributed by atoms with Gasteiger partial charge in [0, 0.05) is 5.56 Å². The molecule has 9 heteroatoms. The number of para-hydroxylation sites is 1. The zero-order chi connectivity index (χ0) is 25.8. The van der Waals surface area contributed by atoms with Crippen molar-refractivity contribution in [3.63, 3.8) is 0 Å². The Labute approximate surface area is 212 Å². The van der Waals surface area contributed by atoms with E-state index in [1.807, 2.05) is 0 Å². The first-order valence-corrected chi connectivity index (χ1v) is 11.5. The number of hydrogen-bond acceptors (Lipinski definition) is 5. The number of anilines is 1. The second-order valence-electron chi connectivity index (χ2n) is 7.89. The molecule has 7 nitrogen and oxygen atoms in total. The van der Waals surface area contributed by atoms with E-state index in [0.717, 1.165) is 4.90 Å². The number of halogens is 2. The Balaban J connectivity index is 1.68. The zero-order valence-electron chi connectivity index (χ0n) is 19.5. The van der Waals surface area contributed by atoms with Crippen LogP contribution in [0.25, 0.3) is 6.08 Å². The molecule has 0 saturated carbocycles. The van der Waals surface area contributed by atoms with E-state index in [1.165, 1.54) is 18.2 Å². The Morgan fingerprint density at radius 3 is 2.47 bits per heavy atom. The highest BCUT2D eigenvalue weighted by Crippen LogP contribution is 2.38. The van der Waals surface area contributed by atoms with E-state index in [-0.39, 0.29) is 35.3 Å². The van der Waals surface area contributed by atoms with E-state index in [2.05, 4.69) is 5.32 Å². The second kappa shape index (κ2) is 10.6. The number of nitrogens with one attached hydrogen (secondary N) is 1. The molecule has 0 aromatic heterocycles. The van der Waals surface area contributed by atoms with Crippen molar-refractivity contribution in [2.45, 2.75) is 20.5 Å². The van der Waals surface area contributed by atoms with Crippen molar-refractivity contribution in [1.29, 1.82) is 0 Å². The van der Waals surface area contributed by atoms with Gasteiger partial charge in [0.25, 0.3) is 11.8 Å². The lowest BCUT2D eigenvalue weighted by molar-refractivity contribution is -0.122. The molecular formula is C27H22ClFN2O5. The molecule has 1 N–H and O–H groups in total. The third-order valence-corrected chi connectivity index (χ3v) is 5.71. The predicted molar refractivity (Wildman–Crippen MR) is 134 cm³/mol. The van der Waals surface area contributed by atoms with Gasteiger partial charge in [0.05, 0.1) is 17.3 Å². The molecule has 3 aromatic rings. The van der Waals surface area contributed by atoms with Gasteiger partial charge in [0.1, 0.15) is 18.0 Å². The fraction of sp³-hybridized carbons (Fsp3) is 0.148. The summed E-state index contributed by atoms with van der Waals surface area (Å²) in [6.07, 6.45) is 1.32. The number of benzene rings is 3. The summed E-state index contributed by atoms with van der Waals surface area (Å²) in [6.45, 7) is 3.72. The lowest BCUT2D eigenvalue weighted by atomic mass is 10.1. The molecule has 0 atom stereocenters. The number of carbonyl (C=O) groups is 3. The molecule has 1 saturated heterocycles. The number of rotatable bonds is 7. The molecule has 184 valence electrons. The van der Waals surface area contributed by atoms with Crippen LogP contribution in [0, 0.1) is 12.7 Å². The molecule has 1 heterocycles. The Kier molecular flexibility index (Phi) is 7.36. The largest absolute Gasteiger partial charge is 0.490 e. The van der Waals surface area contributed by atoms with Gasteiger partial charge in [-0.05, 0) is 55.3 Å². The summed E-state index contributed by atoms with van der Waals surface area (Å²) in [5.41, 5.74) is 1.51. The lowest BCUT2D eigenvalue weighted by Crippen LogP contribution is -2.54. The number of amides is 4. The Morgan fingerprint density at radius 2 is 1.75 bits per heavy atom. The van der Waals surface area contributed by atoms with E-state index < -0.39 is 23.7 Å². The van der Waals surface area contributed by atoms with Gasteiger partial charge in [0.15, 0.2) is 11.5 Å². The summed E-state index contributed by atoms with van der Waals surface area (Å²) in [5, 5.41) is 2.34. The molecule has 0 aliphatic carbocycles. The summed E-state index contributed by atoms with van der Waals surface area (Å²) >= 11 is 6.46. The molecular weight excluding hydrogens is 487 g/mol. The summed E-state index contributed by atoms with van der Waals surface area (Å²) in [5.74, 6) is -1.57. The molecule has 1 fully saturated rings. The third kappa shape index (κ3) is 5.08. The number of carbonyl (C=O) groups excluding carboxylic acids is 3. The van der Waals surface area contributed by atoms with Crippen LogP contribution in [0.2, 0.25) is 5.02 Å². The van der Waals surface area contributed by atoms with E-state index in [0.29, 0.717) is 22.4 Å². The first-order chi connectivity index (χ1) is 17.3. The first kappa shape index (κ1) is 24.9. The van der Waals surface area contributed by atoms with Crippen LogP contribution in [-0.2, 0) is 16.2 Å². The van der Waals surface area contributed by atoms with Gasteiger partial charge in [-0.2, -0.15) is 0 Å². The van der Waals surface area contributed by atoms with Crippen molar-refractivity contribution >= 4 is 41.2 Å². The molecule has 4 rings (SSSR count). The maximum Gasteiger partial charge on any atom is 0.335 e. The van der Waals surface area contributed by atoms with Crippen LogP contribution in [0.3, 0.4) is 0 Å². The Morgan fingerprint density at radius 1 is 1.03 bits per heavy atom. The fourth-order valence-electron chi connectivity index (χ4n) is 3.70. The number of ether oxygens (including phenoxy) is 2. The summed E-state index contributed by atoms with van der Waals surface area (Å²) in [7, 11) is 0. The Hall–Kier alpha value is -4.17. The topological polar surface area (TPSA) is 84.9 Å². The van der Waals surface area contributed by atoms with Crippen LogP contribution in [0.5, 0.6) is 11.5 Å². The third-order valence-electron chi connectivity index (χ3n) is 5.43. The van der Waals surface area contributed by atoms with Crippen molar-refractivity contribution in [2.24, 2.45) is 0 Å². The van der Waals surface area contributed by atoms with Crippen molar-refractivity contribution in [1.82, 2.24) is 5.32 Å². The number of barbiturate groups is 1. The van der Waals surface area contributed by atoms with Crippen molar-refractivity contribution in [2.75, 3.05) is 11.5 Å². The van der Waals surface area contributed by atoms with Gasteiger partial charge in [0.2, 0.25) is 0 Å². The number of nitrogens with zero attached hydrogens (tertiary/aromatic N) is 1. The first-order valence-electron chi connectivity index (χ1n) is 11.1. The number of hydrogen-bond donors (Lipinski definition) is 1. The summed E-state index contributed by atoms with van der Waals surface area (Å²) in [6, 6.07) is 15.2. The molecule has 1 aliphatic heterocycles. The standard InChI is InChI=1S/C27H22ClFN2O5/c1-3-35-23-14-17(13-20(28)24(23)36-15-18-9-5-6-10-21(18)29)12-19-25(32)30-27(34)31(26(19)33)22-11-7-4-8-16(22)2/h4-14H,3,15H2,1-2H3,(H,30,32,34)/b19-12+. The molecule has 0 spiro atoms. The van der Waals surface area contributed by atoms with Crippen molar-refractivity contribution < 1.29 is 28.2 Å². The van der Waals surface area contributed by atoms with Crippen LogP contribution in [0.1, 0.15) is 23.6 Å². The average molecular weight is 509 g/mol. The lowest BCUT2D eigenvalue weighted by Gasteiger charge is -2.27. The molecule has 36 heavy (non-hydrogen) atoms. The maximum absolute atomic E-state index is 14.0. The predicted octanol–water partition coefficient (Wildman–Crippen LogP) is 5.43. The minimum atomic E-state index is -0.832. The van der Waals surface area contributed by atoms with Crippen LogP contribution < -0.4 is 19.7 Å². The van der Waals surface area contributed by atoms with Crippen molar-refractivity contribution in [3.8, 4) is 11.5 Å². The van der Waals surface area contributed by atoms with Crippen LogP contribution >= 0.6 is 11.6 Å². The summed E-state index contributed by atoms with van der Waals surface area (Å²) < 4.78 is 25.4. The minimum Gasteiger partial charge on any atom is -0.490 e. The quantitative estimate of drug-likeness (QED) is 0.340. The van der Waals surface area contributed by atoms with E-state index in [1.54, 1.807) is 62.4 Å². The van der Waals surface area contributed by atoms with Gasteiger partial charge in [-0.25, -0.2) is 14.1 Å². The fourth-order valence-corrected chi connectivity index (χ4v) is 3.97. The van der Waals surface area contributed by atoms with E-state index in [9.17, 15) is 18.8 Å². The zero-order valence-corrected chi connectivity index (χ0v) is 20.3. The number of imide groups is 2. The maximum atomic E-state index is 14.0. The second-order valence-corrected chi connectivity index (χ2v) is 8.29. The van der Waals surface area contributed by atoms with Gasteiger partial charge >= 0.3 is 6.03 Å². The average Bonchev–Trinajstić information content (AvgIpc) is 2.83. The molecule has 0 radical (unpaired) electrons. The molecule has 1 aliphatic rings.